The second kappa shape index (κ2) is 8.25. The lowest BCUT2D eigenvalue weighted by Gasteiger charge is -2.15. The molecular weight excluding hydrogens is 408 g/mol. The third-order valence-corrected chi connectivity index (χ3v) is 6.45. The van der Waals surface area contributed by atoms with Crippen molar-refractivity contribution in [1.82, 2.24) is 14.3 Å². The Morgan fingerprint density at radius 2 is 2.28 bits per heavy atom. The second-order valence-corrected chi connectivity index (χ2v) is 8.68. The summed E-state index contributed by atoms with van der Waals surface area (Å²) in [5.41, 5.74) is 1.61. The van der Waals surface area contributed by atoms with E-state index >= 15 is 0 Å². The van der Waals surface area contributed by atoms with Crippen LogP contribution >= 0.6 is 24.0 Å². The number of hydrogen-bond acceptors (Lipinski definition) is 7. The van der Waals surface area contributed by atoms with Gasteiger partial charge in [0.2, 0.25) is 0 Å². The maximum atomic E-state index is 13.3. The number of nitrogens with one attached hydrogen (secondary N) is 1. The molecule has 2 fully saturated rings. The number of ether oxygens (including phenoxy) is 1. The smallest absolute Gasteiger partial charge is 0.267 e. The maximum absolute atomic E-state index is 13.3. The summed E-state index contributed by atoms with van der Waals surface area (Å²) in [5, 5.41) is 3.28. The van der Waals surface area contributed by atoms with Crippen molar-refractivity contribution in [2.45, 2.75) is 32.8 Å². The van der Waals surface area contributed by atoms with Gasteiger partial charge in [-0.1, -0.05) is 30.0 Å². The van der Waals surface area contributed by atoms with E-state index in [0.717, 1.165) is 25.0 Å². The van der Waals surface area contributed by atoms with E-state index in [1.54, 1.807) is 12.3 Å². The van der Waals surface area contributed by atoms with Crippen LogP contribution in [0.25, 0.3) is 11.7 Å². The van der Waals surface area contributed by atoms with Gasteiger partial charge in [0.1, 0.15) is 15.8 Å². The number of nitrogens with zero attached hydrogens (tertiary/aromatic N) is 3. The molecule has 2 aliphatic heterocycles. The van der Waals surface area contributed by atoms with Crippen LogP contribution in [-0.4, -0.2) is 50.3 Å². The predicted molar refractivity (Wildman–Crippen MR) is 119 cm³/mol. The quantitative estimate of drug-likeness (QED) is 0.577. The van der Waals surface area contributed by atoms with E-state index < -0.39 is 0 Å². The Balaban J connectivity index is 1.80. The fourth-order valence-electron chi connectivity index (χ4n) is 3.50. The van der Waals surface area contributed by atoms with E-state index in [4.69, 9.17) is 21.9 Å². The number of aromatic nitrogens is 2. The van der Waals surface area contributed by atoms with Crippen molar-refractivity contribution in [3.05, 3.63) is 44.7 Å². The van der Waals surface area contributed by atoms with E-state index in [0.29, 0.717) is 39.3 Å². The summed E-state index contributed by atoms with van der Waals surface area (Å²) < 4.78 is 7.69. The molecule has 152 valence electrons. The van der Waals surface area contributed by atoms with Gasteiger partial charge in [0, 0.05) is 25.9 Å². The Bertz CT molecular complexity index is 1070. The van der Waals surface area contributed by atoms with Crippen LogP contribution in [-0.2, 0) is 9.53 Å². The fraction of sp³-hybridized carbons (Fsp3) is 0.400. The van der Waals surface area contributed by atoms with Gasteiger partial charge in [0.15, 0.2) is 0 Å². The average Bonchev–Trinajstić information content (AvgIpc) is 3.31. The first-order chi connectivity index (χ1) is 14.0. The van der Waals surface area contributed by atoms with Crippen LogP contribution in [0, 0.1) is 6.92 Å². The highest BCUT2D eigenvalue weighted by Crippen LogP contribution is 2.32. The molecule has 29 heavy (non-hydrogen) atoms. The van der Waals surface area contributed by atoms with Crippen molar-refractivity contribution in [3.8, 4) is 0 Å². The van der Waals surface area contributed by atoms with Crippen molar-refractivity contribution < 1.29 is 9.53 Å². The molecular formula is C20H22N4O3S2. The number of thiocarbonyl (C=S) groups is 1. The Kier molecular flexibility index (Phi) is 5.71. The molecule has 1 amide bonds. The summed E-state index contributed by atoms with van der Waals surface area (Å²) in [5.74, 6) is 0.280. The van der Waals surface area contributed by atoms with Gasteiger partial charge in [-0.2, -0.15) is 0 Å². The van der Waals surface area contributed by atoms with E-state index in [-0.39, 0.29) is 17.6 Å². The van der Waals surface area contributed by atoms with Crippen LogP contribution < -0.4 is 10.9 Å². The number of likely N-dealkylation sites (N-methyl/N-ethyl adjacent to an activating group) is 1. The summed E-state index contributed by atoms with van der Waals surface area (Å²) in [6.07, 6.45) is 5.40. The highest BCUT2D eigenvalue weighted by atomic mass is 32.2. The standard InChI is InChI=1S/C20H22N4O3S2/c1-3-23-19(26)15(29-20(23)28)10-14-16(21-11-13-7-5-9-27-13)22-17-12(2)6-4-8-24(17)18(14)25/h4,6,8,10,13,21H,3,5,7,9,11H2,1-2H3/b15-10+. The minimum absolute atomic E-state index is 0.0956. The number of carbonyl (C=O) groups is 1. The monoisotopic (exact) mass is 430 g/mol. The number of amides is 1. The topological polar surface area (TPSA) is 75.9 Å². The summed E-state index contributed by atoms with van der Waals surface area (Å²) in [4.78, 5) is 32.6. The van der Waals surface area contributed by atoms with Crippen LogP contribution in [0.2, 0.25) is 0 Å². The van der Waals surface area contributed by atoms with Gasteiger partial charge >= 0.3 is 0 Å². The lowest BCUT2D eigenvalue weighted by Crippen LogP contribution is -2.27. The average molecular weight is 431 g/mol. The molecule has 1 atom stereocenters. The summed E-state index contributed by atoms with van der Waals surface area (Å²) in [6, 6.07) is 3.73. The number of thioether (sulfide) groups is 1. The first kappa shape index (κ1) is 20.1. The van der Waals surface area contributed by atoms with Gasteiger partial charge in [0.25, 0.3) is 11.5 Å². The Hall–Kier alpha value is -2.23. The first-order valence-corrected chi connectivity index (χ1v) is 10.8. The van der Waals surface area contributed by atoms with Crippen molar-refractivity contribution >= 4 is 51.7 Å². The van der Waals surface area contributed by atoms with Gasteiger partial charge in [-0.15, -0.1) is 0 Å². The molecule has 2 aliphatic rings. The SMILES string of the molecule is CCN1C(=O)/C(=C\c2c(NCC3CCCO3)nc3c(C)cccn3c2=O)SC1=S. The van der Waals surface area contributed by atoms with Gasteiger partial charge in [-0.3, -0.25) is 18.9 Å². The molecule has 1 unspecified atom stereocenters. The van der Waals surface area contributed by atoms with Gasteiger partial charge in [0.05, 0.1) is 16.6 Å². The molecule has 2 aromatic rings. The predicted octanol–water partition coefficient (Wildman–Crippen LogP) is 2.81. The molecule has 0 spiro atoms. The summed E-state index contributed by atoms with van der Waals surface area (Å²) >= 11 is 6.50. The van der Waals surface area contributed by atoms with Crippen molar-refractivity contribution in [2.24, 2.45) is 0 Å². The molecule has 0 bridgehead atoms. The molecule has 0 aromatic carbocycles. The lowest BCUT2D eigenvalue weighted by atomic mass is 10.2. The van der Waals surface area contributed by atoms with Crippen molar-refractivity contribution in [3.63, 3.8) is 0 Å². The largest absolute Gasteiger partial charge is 0.376 e. The van der Waals surface area contributed by atoms with Crippen molar-refractivity contribution in [1.29, 1.82) is 0 Å². The number of carbonyl (C=O) groups excluding carboxylic acids is 1. The normalized spacial score (nSPS) is 21.0. The molecule has 9 heteroatoms. The minimum Gasteiger partial charge on any atom is -0.376 e. The third-order valence-electron chi connectivity index (χ3n) is 5.07. The molecule has 2 aromatic heterocycles. The lowest BCUT2D eigenvalue weighted by molar-refractivity contribution is -0.121. The molecule has 0 aliphatic carbocycles. The molecule has 0 radical (unpaired) electrons. The van der Waals surface area contributed by atoms with Crippen LogP contribution in [0.3, 0.4) is 0 Å². The Labute approximate surface area is 178 Å². The van der Waals surface area contributed by atoms with Gasteiger partial charge in [-0.25, -0.2) is 4.98 Å². The number of hydrogen-bond donors (Lipinski definition) is 1. The molecule has 7 nitrogen and oxygen atoms in total. The van der Waals surface area contributed by atoms with Crippen LogP contribution in [0.4, 0.5) is 5.82 Å². The minimum atomic E-state index is -0.227. The number of anilines is 1. The Morgan fingerprint density at radius 1 is 1.45 bits per heavy atom. The maximum Gasteiger partial charge on any atom is 0.267 e. The van der Waals surface area contributed by atoms with E-state index in [1.165, 1.54) is 21.1 Å². The zero-order valence-corrected chi connectivity index (χ0v) is 17.9. The zero-order chi connectivity index (χ0) is 20.5. The molecule has 1 N–H and O–H groups in total. The number of aryl methyl sites for hydroxylation is 1. The number of rotatable bonds is 5. The zero-order valence-electron chi connectivity index (χ0n) is 16.3. The Morgan fingerprint density at radius 3 is 2.97 bits per heavy atom. The van der Waals surface area contributed by atoms with Crippen molar-refractivity contribution in [2.75, 3.05) is 25.0 Å². The van der Waals surface area contributed by atoms with E-state index in [2.05, 4.69) is 5.32 Å². The van der Waals surface area contributed by atoms with E-state index in [1.807, 2.05) is 26.0 Å². The molecule has 4 heterocycles. The van der Waals surface area contributed by atoms with Crippen LogP contribution in [0.5, 0.6) is 0 Å². The fourth-order valence-corrected chi connectivity index (χ4v) is 4.86. The van der Waals surface area contributed by atoms with Crippen LogP contribution in [0.15, 0.2) is 28.0 Å². The number of fused-ring (bicyclic) bond motifs is 1. The van der Waals surface area contributed by atoms with Gasteiger partial charge < -0.3 is 10.1 Å². The third kappa shape index (κ3) is 3.82. The molecule has 0 saturated carbocycles. The van der Waals surface area contributed by atoms with E-state index in [9.17, 15) is 9.59 Å². The van der Waals surface area contributed by atoms with Crippen LogP contribution in [0.1, 0.15) is 30.9 Å². The highest BCUT2D eigenvalue weighted by Gasteiger charge is 2.31. The second-order valence-electron chi connectivity index (χ2n) is 7.01. The van der Waals surface area contributed by atoms with Gasteiger partial charge in [-0.05, 0) is 44.4 Å². The highest BCUT2D eigenvalue weighted by molar-refractivity contribution is 8.26. The molecule has 2 saturated heterocycles. The summed E-state index contributed by atoms with van der Waals surface area (Å²) in [7, 11) is 0. The number of pyridine rings is 1. The first-order valence-electron chi connectivity index (χ1n) is 9.62. The summed E-state index contributed by atoms with van der Waals surface area (Å²) in [6.45, 7) is 5.60. The molecule has 4 rings (SSSR count).